The molecule has 1 amide bonds. The van der Waals surface area contributed by atoms with Crippen molar-refractivity contribution in [1.29, 1.82) is 0 Å². The Morgan fingerprint density at radius 1 is 1.33 bits per heavy atom. The molecule has 0 saturated carbocycles. The molecule has 0 bridgehead atoms. The second-order valence-corrected chi connectivity index (χ2v) is 7.73. The third-order valence-corrected chi connectivity index (χ3v) is 5.96. The fraction of sp³-hybridized carbons (Fsp3) is 0.556. The highest BCUT2D eigenvalue weighted by atomic mass is 35.5. The molecule has 2 saturated heterocycles. The molecule has 27 heavy (non-hydrogen) atoms. The Labute approximate surface area is 175 Å². The maximum Gasteiger partial charge on any atom is 0.224 e. The number of nitrogens with zero attached hydrogens (tertiary/aromatic N) is 2. The Bertz CT molecular complexity index is 746. The highest BCUT2D eigenvalue weighted by molar-refractivity contribution is 7.22. The smallest absolute Gasteiger partial charge is 0.224 e. The van der Waals surface area contributed by atoms with Crippen LogP contribution in [-0.2, 0) is 9.53 Å². The molecule has 150 valence electrons. The van der Waals surface area contributed by atoms with Crippen LogP contribution in [0.25, 0.3) is 10.2 Å². The minimum atomic E-state index is 0. The van der Waals surface area contributed by atoms with E-state index in [0.29, 0.717) is 12.3 Å². The van der Waals surface area contributed by atoms with Gasteiger partial charge in [0.05, 0.1) is 23.4 Å². The highest BCUT2D eigenvalue weighted by Crippen LogP contribution is 2.31. The molecular weight excluding hydrogens is 407 g/mol. The summed E-state index contributed by atoms with van der Waals surface area (Å²) in [5.41, 5.74) is 1.85. The van der Waals surface area contributed by atoms with Crippen molar-refractivity contribution in [2.75, 3.05) is 49.6 Å². The molecule has 4 rings (SSSR count). The zero-order chi connectivity index (χ0) is 17.1. The Balaban J connectivity index is 0.00000131. The van der Waals surface area contributed by atoms with E-state index in [1.54, 1.807) is 11.3 Å². The molecule has 2 fully saturated rings. The third-order valence-electron chi connectivity index (χ3n) is 4.88. The molecule has 0 radical (unpaired) electrons. The molecule has 2 N–H and O–H groups in total. The first-order valence-corrected chi connectivity index (χ1v) is 9.83. The molecule has 2 aromatic rings. The van der Waals surface area contributed by atoms with Crippen LogP contribution in [-0.4, -0.2) is 50.3 Å². The number of anilines is 2. The first-order chi connectivity index (χ1) is 12.3. The van der Waals surface area contributed by atoms with Crippen LogP contribution in [0.5, 0.6) is 0 Å². The van der Waals surface area contributed by atoms with Crippen LogP contribution in [0.15, 0.2) is 18.2 Å². The summed E-state index contributed by atoms with van der Waals surface area (Å²) in [6, 6.07) is 5.97. The minimum Gasteiger partial charge on any atom is -0.378 e. The summed E-state index contributed by atoms with van der Waals surface area (Å²) in [6.45, 7) is 5.42. The highest BCUT2D eigenvalue weighted by Gasteiger charge is 2.17. The predicted octanol–water partition coefficient (Wildman–Crippen LogP) is 3.30. The van der Waals surface area contributed by atoms with Gasteiger partial charge in [-0.15, -0.1) is 24.8 Å². The molecule has 1 atom stereocenters. The largest absolute Gasteiger partial charge is 0.378 e. The Morgan fingerprint density at radius 3 is 2.89 bits per heavy atom. The van der Waals surface area contributed by atoms with E-state index in [-0.39, 0.29) is 30.7 Å². The van der Waals surface area contributed by atoms with E-state index in [9.17, 15) is 4.79 Å². The summed E-state index contributed by atoms with van der Waals surface area (Å²) in [7, 11) is 0. The van der Waals surface area contributed by atoms with Gasteiger partial charge in [0, 0.05) is 25.2 Å². The molecule has 2 aliphatic heterocycles. The average molecular weight is 433 g/mol. The van der Waals surface area contributed by atoms with E-state index >= 15 is 0 Å². The van der Waals surface area contributed by atoms with Crippen LogP contribution in [0.3, 0.4) is 0 Å². The zero-order valence-corrected chi connectivity index (χ0v) is 17.6. The average Bonchev–Trinajstić information content (AvgIpc) is 3.30. The number of morpholine rings is 1. The lowest BCUT2D eigenvalue weighted by molar-refractivity contribution is -0.116. The number of aromatic nitrogens is 1. The lowest BCUT2D eigenvalue weighted by Gasteiger charge is -2.25. The van der Waals surface area contributed by atoms with Crippen LogP contribution in [0.1, 0.15) is 19.3 Å². The number of halogens is 2. The molecular formula is C18H26Cl2N4O2S. The molecule has 2 aliphatic rings. The molecule has 1 aromatic carbocycles. The van der Waals surface area contributed by atoms with E-state index < -0.39 is 0 Å². The van der Waals surface area contributed by atoms with Gasteiger partial charge in [0.1, 0.15) is 0 Å². The predicted molar refractivity (Wildman–Crippen MR) is 116 cm³/mol. The number of rotatable bonds is 5. The standard InChI is InChI=1S/C18H24N4O2S.2ClH/c23-17(4-1-13-5-6-19-12-13)20-14-2-3-15-16(11-14)25-18(21-15)22-7-9-24-10-8-22;;/h2-3,11,13,19H,1,4-10,12H2,(H,20,23);2*1H. The maximum absolute atomic E-state index is 12.2. The number of fused-ring (bicyclic) bond motifs is 1. The van der Waals surface area contributed by atoms with Crippen molar-refractivity contribution in [3.63, 3.8) is 0 Å². The van der Waals surface area contributed by atoms with Gasteiger partial charge in [-0.3, -0.25) is 4.79 Å². The van der Waals surface area contributed by atoms with Crippen molar-refractivity contribution in [2.24, 2.45) is 5.92 Å². The summed E-state index contributed by atoms with van der Waals surface area (Å²) < 4.78 is 6.51. The molecule has 3 heterocycles. The molecule has 0 spiro atoms. The number of hydrogen-bond donors (Lipinski definition) is 2. The summed E-state index contributed by atoms with van der Waals surface area (Å²) >= 11 is 1.68. The number of amides is 1. The number of carbonyl (C=O) groups excluding carboxylic acids is 1. The monoisotopic (exact) mass is 432 g/mol. The topological polar surface area (TPSA) is 66.5 Å². The quantitative estimate of drug-likeness (QED) is 0.758. The Morgan fingerprint density at radius 2 is 2.15 bits per heavy atom. The van der Waals surface area contributed by atoms with E-state index in [1.165, 1.54) is 6.42 Å². The van der Waals surface area contributed by atoms with Gasteiger partial charge in [0.15, 0.2) is 5.13 Å². The summed E-state index contributed by atoms with van der Waals surface area (Å²) in [4.78, 5) is 19.2. The normalized spacial score (nSPS) is 19.4. The first kappa shape index (κ1) is 22.2. The van der Waals surface area contributed by atoms with Crippen LogP contribution in [0, 0.1) is 5.92 Å². The van der Waals surface area contributed by atoms with Gasteiger partial charge in [0.2, 0.25) is 5.91 Å². The minimum absolute atomic E-state index is 0. The van der Waals surface area contributed by atoms with Crippen LogP contribution in [0.2, 0.25) is 0 Å². The summed E-state index contributed by atoms with van der Waals surface area (Å²) in [5, 5.41) is 7.42. The van der Waals surface area contributed by atoms with E-state index in [2.05, 4.69) is 15.5 Å². The van der Waals surface area contributed by atoms with Crippen molar-refractivity contribution in [1.82, 2.24) is 10.3 Å². The number of benzene rings is 1. The van der Waals surface area contributed by atoms with Crippen molar-refractivity contribution in [3.8, 4) is 0 Å². The lowest BCUT2D eigenvalue weighted by atomic mass is 10.0. The molecule has 0 aliphatic carbocycles. The maximum atomic E-state index is 12.2. The van der Waals surface area contributed by atoms with Crippen LogP contribution in [0.4, 0.5) is 10.8 Å². The number of hydrogen-bond acceptors (Lipinski definition) is 6. The zero-order valence-electron chi connectivity index (χ0n) is 15.1. The van der Waals surface area contributed by atoms with Gasteiger partial charge in [-0.2, -0.15) is 0 Å². The van der Waals surface area contributed by atoms with E-state index in [0.717, 1.165) is 66.8 Å². The number of ether oxygens (including phenoxy) is 1. The van der Waals surface area contributed by atoms with Crippen LogP contribution >= 0.6 is 36.2 Å². The van der Waals surface area contributed by atoms with Gasteiger partial charge in [0.25, 0.3) is 0 Å². The van der Waals surface area contributed by atoms with Crippen molar-refractivity contribution in [2.45, 2.75) is 19.3 Å². The SMILES string of the molecule is Cl.Cl.O=C(CCC1CCNC1)Nc1ccc2nc(N3CCOCC3)sc2c1. The third kappa shape index (κ3) is 5.68. The van der Waals surface area contributed by atoms with Gasteiger partial charge in [-0.25, -0.2) is 4.98 Å². The first-order valence-electron chi connectivity index (χ1n) is 9.02. The van der Waals surface area contributed by atoms with Crippen molar-refractivity contribution in [3.05, 3.63) is 18.2 Å². The Hall–Kier alpha value is -1.12. The van der Waals surface area contributed by atoms with Gasteiger partial charge in [-0.05, 0) is 50.0 Å². The fourth-order valence-corrected chi connectivity index (χ4v) is 4.46. The fourth-order valence-electron chi connectivity index (χ4n) is 3.40. The molecule has 1 aromatic heterocycles. The van der Waals surface area contributed by atoms with Gasteiger partial charge < -0.3 is 20.3 Å². The summed E-state index contributed by atoms with van der Waals surface area (Å²) in [6.07, 6.45) is 2.74. The Kier molecular flexibility index (Phi) is 8.57. The molecule has 6 nitrogen and oxygen atoms in total. The van der Waals surface area contributed by atoms with E-state index in [1.807, 2.05) is 18.2 Å². The lowest BCUT2D eigenvalue weighted by Crippen LogP contribution is -2.36. The summed E-state index contributed by atoms with van der Waals surface area (Å²) in [5.74, 6) is 0.745. The number of thiazole rings is 1. The van der Waals surface area contributed by atoms with Crippen LogP contribution < -0.4 is 15.5 Å². The van der Waals surface area contributed by atoms with Crippen molar-refractivity contribution >= 4 is 63.1 Å². The van der Waals surface area contributed by atoms with Gasteiger partial charge in [-0.1, -0.05) is 11.3 Å². The van der Waals surface area contributed by atoms with Gasteiger partial charge >= 0.3 is 0 Å². The number of carbonyl (C=O) groups is 1. The molecule has 1 unspecified atom stereocenters. The molecule has 9 heteroatoms. The number of nitrogens with one attached hydrogen (secondary N) is 2. The second-order valence-electron chi connectivity index (χ2n) is 6.72. The van der Waals surface area contributed by atoms with E-state index in [4.69, 9.17) is 9.72 Å². The second kappa shape index (κ2) is 10.4. The van der Waals surface area contributed by atoms with Crippen molar-refractivity contribution < 1.29 is 9.53 Å².